The summed E-state index contributed by atoms with van der Waals surface area (Å²) in [7, 11) is 0. The van der Waals surface area contributed by atoms with Crippen LogP contribution in [0.1, 0.15) is 46.1 Å². The van der Waals surface area contributed by atoms with Crippen LogP contribution in [0.3, 0.4) is 0 Å². The summed E-state index contributed by atoms with van der Waals surface area (Å²) >= 11 is 1.40. The summed E-state index contributed by atoms with van der Waals surface area (Å²) in [6, 6.07) is 10.1. The highest BCUT2D eigenvalue weighted by Gasteiger charge is 2.47. The van der Waals surface area contributed by atoms with Crippen LogP contribution in [0.4, 0.5) is 0 Å². The van der Waals surface area contributed by atoms with E-state index in [1.54, 1.807) is 6.92 Å². The van der Waals surface area contributed by atoms with Gasteiger partial charge in [-0.3, -0.25) is 9.59 Å². The van der Waals surface area contributed by atoms with E-state index in [2.05, 4.69) is 12.1 Å². The molecule has 1 fully saturated rings. The molecule has 4 rings (SSSR count). The highest BCUT2D eigenvalue weighted by atomic mass is 32.1. The summed E-state index contributed by atoms with van der Waals surface area (Å²) in [4.78, 5) is 26.7. The molecule has 5 heteroatoms. The number of hydrogen-bond acceptors (Lipinski definition) is 4. The molecule has 1 N–H and O–H groups in total. The fourth-order valence-electron chi connectivity index (χ4n) is 4.46. The molecule has 2 heterocycles. The number of aliphatic hydroxyl groups excluding tert-OH is 1. The average molecular weight is 369 g/mol. The van der Waals surface area contributed by atoms with Crippen LogP contribution in [-0.4, -0.2) is 40.9 Å². The van der Waals surface area contributed by atoms with E-state index in [1.807, 2.05) is 28.5 Å². The third kappa shape index (κ3) is 2.89. The lowest BCUT2D eigenvalue weighted by molar-refractivity contribution is -0.132. The standard InChI is InChI=1S/C21H23NO3S/c1-14(23)18-10-15(13-26-18)11-20(25)22-8-6-21(7-9-22)17-5-3-2-4-16(17)12-19(21)24/h2-5,10,13,19,24H,6-9,11-12H2,1H3/t19-/m1/s1. The minimum absolute atomic E-state index is 0.0440. The smallest absolute Gasteiger partial charge is 0.227 e. The van der Waals surface area contributed by atoms with Gasteiger partial charge in [-0.05, 0) is 54.3 Å². The van der Waals surface area contributed by atoms with Gasteiger partial charge in [0.1, 0.15) is 0 Å². The second kappa shape index (κ2) is 6.63. The highest BCUT2D eigenvalue weighted by molar-refractivity contribution is 7.12. The zero-order valence-electron chi connectivity index (χ0n) is 14.9. The van der Waals surface area contributed by atoms with E-state index in [0.717, 1.165) is 18.4 Å². The summed E-state index contributed by atoms with van der Waals surface area (Å²) in [6.45, 7) is 2.90. The van der Waals surface area contributed by atoms with E-state index in [4.69, 9.17) is 0 Å². The van der Waals surface area contributed by atoms with Crippen molar-refractivity contribution < 1.29 is 14.7 Å². The summed E-state index contributed by atoms with van der Waals surface area (Å²) < 4.78 is 0. The fourth-order valence-corrected chi connectivity index (χ4v) is 5.28. The van der Waals surface area contributed by atoms with Gasteiger partial charge in [0.2, 0.25) is 5.91 Å². The predicted molar refractivity (Wildman–Crippen MR) is 102 cm³/mol. The van der Waals surface area contributed by atoms with Gasteiger partial charge in [-0.2, -0.15) is 0 Å². The number of ketones is 1. The van der Waals surface area contributed by atoms with E-state index in [9.17, 15) is 14.7 Å². The van der Waals surface area contributed by atoms with Crippen LogP contribution in [0.15, 0.2) is 35.7 Å². The topological polar surface area (TPSA) is 57.6 Å². The molecule has 1 spiro atoms. The number of thiophene rings is 1. The number of nitrogens with zero attached hydrogens (tertiary/aromatic N) is 1. The predicted octanol–water partition coefficient (Wildman–Crippen LogP) is 2.97. The Bertz CT molecular complexity index is 848. The first-order valence-corrected chi connectivity index (χ1v) is 10.0. The number of aliphatic hydroxyl groups is 1. The van der Waals surface area contributed by atoms with Crippen molar-refractivity contribution in [3.05, 3.63) is 57.3 Å². The maximum Gasteiger partial charge on any atom is 0.227 e. The molecule has 1 aromatic carbocycles. The minimum atomic E-state index is -0.354. The Labute approximate surface area is 157 Å². The summed E-state index contributed by atoms with van der Waals surface area (Å²) in [5.74, 6) is 0.149. The van der Waals surface area contributed by atoms with Gasteiger partial charge in [0, 0.05) is 18.5 Å². The number of rotatable bonds is 3. The Morgan fingerprint density at radius 3 is 2.69 bits per heavy atom. The van der Waals surface area contributed by atoms with E-state index in [-0.39, 0.29) is 23.2 Å². The van der Waals surface area contributed by atoms with Crippen molar-refractivity contribution in [1.82, 2.24) is 4.90 Å². The van der Waals surface area contributed by atoms with Gasteiger partial charge in [-0.1, -0.05) is 24.3 Å². The summed E-state index contributed by atoms with van der Waals surface area (Å²) in [5, 5.41) is 12.6. The molecule has 1 aliphatic carbocycles. The van der Waals surface area contributed by atoms with Crippen LogP contribution in [0, 0.1) is 0 Å². The summed E-state index contributed by atoms with van der Waals surface area (Å²) in [6.07, 6.45) is 2.31. The highest BCUT2D eigenvalue weighted by Crippen LogP contribution is 2.46. The molecule has 0 bridgehead atoms. The quantitative estimate of drug-likeness (QED) is 0.847. The maximum atomic E-state index is 12.7. The van der Waals surface area contributed by atoms with Crippen molar-refractivity contribution in [3.63, 3.8) is 0 Å². The average Bonchev–Trinajstić information content (AvgIpc) is 3.20. The number of amides is 1. The van der Waals surface area contributed by atoms with Crippen LogP contribution in [-0.2, 0) is 23.1 Å². The molecule has 0 radical (unpaired) electrons. The van der Waals surface area contributed by atoms with Crippen LogP contribution < -0.4 is 0 Å². The first kappa shape index (κ1) is 17.4. The number of Topliss-reactive ketones (excluding diaryl/α,β-unsaturated/α-hetero) is 1. The molecule has 1 aliphatic heterocycles. The van der Waals surface area contributed by atoms with Crippen molar-refractivity contribution >= 4 is 23.0 Å². The summed E-state index contributed by atoms with van der Waals surface area (Å²) in [5.41, 5.74) is 3.23. The van der Waals surface area contributed by atoms with Crippen LogP contribution in [0.2, 0.25) is 0 Å². The normalized spacial score (nSPS) is 21.0. The zero-order valence-corrected chi connectivity index (χ0v) is 15.7. The fraction of sp³-hybridized carbons (Fsp3) is 0.429. The van der Waals surface area contributed by atoms with Gasteiger partial charge in [-0.15, -0.1) is 11.3 Å². The molecule has 2 aliphatic rings. The van der Waals surface area contributed by atoms with Crippen molar-refractivity contribution in [3.8, 4) is 0 Å². The van der Waals surface area contributed by atoms with Crippen molar-refractivity contribution in [1.29, 1.82) is 0 Å². The van der Waals surface area contributed by atoms with E-state index in [0.29, 0.717) is 30.8 Å². The van der Waals surface area contributed by atoms with Crippen LogP contribution in [0.5, 0.6) is 0 Å². The van der Waals surface area contributed by atoms with Gasteiger partial charge in [0.25, 0.3) is 0 Å². The molecule has 26 heavy (non-hydrogen) atoms. The number of fused-ring (bicyclic) bond motifs is 2. The largest absolute Gasteiger partial charge is 0.392 e. The van der Waals surface area contributed by atoms with Gasteiger partial charge < -0.3 is 10.0 Å². The minimum Gasteiger partial charge on any atom is -0.392 e. The monoisotopic (exact) mass is 369 g/mol. The lowest BCUT2D eigenvalue weighted by Gasteiger charge is -2.42. The Hall–Kier alpha value is -1.98. The Balaban J connectivity index is 1.43. The number of carbonyl (C=O) groups excluding carboxylic acids is 2. The third-order valence-corrected chi connectivity index (χ3v) is 7.05. The lowest BCUT2D eigenvalue weighted by atomic mass is 9.72. The molecule has 2 aromatic rings. The molecule has 4 nitrogen and oxygen atoms in total. The van der Waals surface area contributed by atoms with Crippen LogP contribution >= 0.6 is 11.3 Å². The molecule has 1 aromatic heterocycles. The van der Waals surface area contributed by atoms with Gasteiger partial charge >= 0.3 is 0 Å². The van der Waals surface area contributed by atoms with E-state index in [1.165, 1.54) is 22.5 Å². The van der Waals surface area contributed by atoms with Crippen molar-refractivity contribution in [2.45, 2.75) is 44.1 Å². The Kier molecular flexibility index (Phi) is 4.45. The molecule has 1 amide bonds. The third-order valence-electron chi connectivity index (χ3n) is 5.97. The number of piperidine rings is 1. The van der Waals surface area contributed by atoms with Crippen molar-refractivity contribution in [2.24, 2.45) is 0 Å². The van der Waals surface area contributed by atoms with Gasteiger partial charge in [0.05, 0.1) is 17.4 Å². The lowest BCUT2D eigenvalue weighted by Crippen LogP contribution is -2.49. The SMILES string of the molecule is CC(=O)c1cc(CC(=O)N2CCC3(CC2)c2ccccc2C[C@H]3O)cs1. The molecule has 1 atom stereocenters. The number of likely N-dealkylation sites (tertiary alicyclic amines) is 1. The first-order valence-electron chi connectivity index (χ1n) is 9.12. The van der Waals surface area contributed by atoms with Crippen molar-refractivity contribution in [2.75, 3.05) is 13.1 Å². The van der Waals surface area contributed by atoms with E-state index < -0.39 is 0 Å². The maximum absolute atomic E-state index is 12.7. The number of benzene rings is 1. The Morgan fingerprint density at radius 1 is 1.27 bits per heavy atom. The second-order valence-electron chi connectivity index (χ2n) is 7.47. The number of hydrogen-bond donors (Lipinski definition) is 1. The van der Waals surface area contributed by atoms with Crippen LogP contribution in [0.25, 0.3) is 0 Å². The Morgan fingerprint density at radius 2 is 2.00 bits per heavy atom. The van der Waals surface area contributed by atoms with E-state index >= 15 is 0 Å². The number of carbonyl (C=O) groups is 2. The zero-order chi connectivity index (χ0) is 18.3. The molecular weight excluding hydrogens is 346 g/mol. The first-order chi connectivity index (χ1) is 12.5. The van der Waals surface area contributed by atoms with Gasteiger partial charge in [-0.25, -0.2) is 0 Å². The molecule has 0 saturated carbocycles. The molecule has 0 unspecified atom stereocenters. The van der Waals surface area contributed by atoms with Gasteiger partial charge in [0.15, 0.2) is 5.78 Å². The second-order valence-corrected chi connectivity index (χ2v) is 8.38. The molecular formula is C21H23NO3S. The molecule has 136 valence electrons. The molecule has 1 saturated heterocycles.